The van der Waals surface area contributed by atoms with Crippen molar-refractivity contribution in [1.82, 2.24) is 14.5 Å². The number of aromatic nitrogens is 2. The first-order valence-corrected chi connectivity index (χ1v) is 10.5. The number of hydrogen-bond acceptors (Lipinski definition) is 5. The van der Waals surface area contributed by atoms with Crippen LogP contribution in [0.1, 0.15) is 52.3 Å². The van der Waals surface area contributed by atoms with E-state index in [9.17, 15) is 10.2 Å². The van der Waals surface area contributed by atoms with E-state index < -0.39 is 11.7 Å². The fourth-order valence-electron chi connectivity index (χ4n) is 5.57. The first-order chi connectivity index (χ1) is 12.7. The molecule has 1 aromatic rings. The molecule has 0 radical (unpaired) electrons. The van der Waals surface area contributed by atoms with E-state index in [2.05, 4.69) is 28.3 Å². The molecule has 2 saturated heterocycles. The Morgan fingerprint density at radius 1 is 1.22 bits per heavy atom. The maximum absolute atomic E-state index is 11.0. The Balaban J connectivity index is 1.44. The summed E-state index contributed by atoms with van der Waals surface area (Å²) >= 11 is 0. The molecule has 3 fully saturated rings. The highest BCUT2D eigenvalue weighted by molar-refractivity contribution is 5.07. The van der Waals surface area contributed by atoms with Gasteiger partial charge in [-0.2, -0.15) is 0 Å². The van der Waals surface area contributed by atoms with Crippen LogP contribution in [0.15, 0.2) is 12.4 Å². The van der Waals surface area contributed by atoms with Crippen LogP contribution in [-0.4, -0.2) is 61.2 Å². The molecule has 5 atom stereocenters. The predicted molar refractivity (Wildman–Crippen MR) is 103 cm³/mol. The molecule has 2 N–H and O–H groups in total. The monoisotopic (exact) mass is 377 g/mol. The number of ether oxygens (including phenoxy) is 1. The molecular weight excluding hydrogens is 342 g/mol. The van der Waals surface area contributed by atoms with Crippen molar-refractivity contribution in [1.29, 1.82) is 0 Å². The van der Waals surface area contributed by atoms with Gasteiger partial charge in [0.05, 0.1) is 30.0 Å². The minimum absolute atomic E-state index is 0.0189. The Labute approximate surface area is 162 Å². The lowest BCUT2D eigenvalue weighted by atomic mass is 9.60. The molecule has 6 nitrogen and oxygen atoms in total. The zero-order valence-electron chi connectivity index (χ0n) is 17.1. The van der Waals surface area contributed by atoms with Crippen molar-refractivity contribution in [3.05, 3.63) is 18.2 Å². The summed E-state index contributed by atoms with van der Waals surface area (Å²) < 4.78 is 8.70. The minimum atomic E-state index is -1.05. The average molecular weight is 378 g/mol. The second kappa shape index (κ2) is 6.83. The van der Waals surface area contributed by atoms with Gasteiger partial charge in [-0.1, -0.05) is 0 Å². The van der Waals surface area contributed by atoms with Crippen molar-refractivity contribution in [2.24, 2.45) is 24.8 Å². The van der Waals surface area contributed by atoms with Crippen molar-refractivity contribution in [2.45, 2.75) is 76.4 Å². The Hall–Kier alpha value is -0.950. The van der Waals surface area contributed by atoms with Crippen LogP contribution in [0.25, 0.3) is 0 Å². The van der Waals surface area contributed by atoms with Gasteiger partial charge in [-0.05, 0) is 71.4 Å². The van der Waals surface area contributed by atoms with E-state index >= 15 is 0 Å². The van der Waals surface area contributed by atoms with E-state index in [0.29, 0.717) is 18.3 Å². The summed E-state index contributed by atoms with van der Waals surface area (Å²) in [6, 6.07) is 0. The topological polar surface area (TPSA) is 70.8 Å². The molecule has 152 valence electrons. The molecule has 6 heteroatoms. The number of aryl methyl sites for hydroxylation is 1. The molecule has 0 amide bonds. The lowest BCUT2D eigenvalue weighted by Crippen LogP contribution is -2.65. The SMILES string of the molecule is Cn1ccnc1CN1CCC([C@@H]2OC(C)(C)C3CC2[C@](C)(O)[C@@H](O)C3)CC1. The van der Waals surface area contributed by atoms with E-state index in [-0.39, 0.29) is 17.6 Å². The second-order valence-corrected chi connectivity index (χ2v) is 9.77. The number of hydrogen-bond donors (Lipinski definition) is 2. The van der Waals surface area contributed by atoms with Crippen molar-refractivity contribution in [3.8, 4) is 0 Å². The van der Waals surface area contributed by atoms with Crippen LogP contribution in [0.3, 0.4) is 0 Å². The molecule has 0 spiro atoms. The third-order valence-electron chi connectivity index (χ3n) is 7.67. The molecule has 2 aliphatic heterocycles. The van der Waals surface area contributed by atoms with Gasteiger partial charge in [-0.25, -0.2) is 4.98 Å². The quantitative estimate of drug-likeness (QED) is 0.843. The third kappa shape index (κ3) is 3.46. The van der Waals surface area contributed by atoms with E-state index in [1.54, 1.807) is 0 Å². The molecular formula is C21H35N3O3. The minimum Gasteiger partial charge on any atom is -0.390 e. The smallest absolute Gasteiger partial charge is 0.122 e. The van der Waals surface area contributed by atoms with Gasteiger partial charge < -0.3 is 19.5 Å². The maximum Gasteiger partial charge on any atom is 0.122 e. The molecule has 1 aromatic heterocycles. The zero-order valence-corrected chi connectivity index (χ0v) is 17.1. The Bertz CT molecular complexity index is 663. The Morgan fingerprint density at radius 3 is 2.56 bits per heavy atom. The number of piperidine rings is 1. The molecule has 4 rings (SSSR count). The van der Waals surface area contributed by atoms with E-state index in [0.717, 1.165) is 44.7 Å². The van der Waals surface area contributed by atoms with Crippen LogP contribution < -0.4 is 0 Å². The summed E-state index contributed by atoms with van der Waals surface area (Å²) in [5.41, 5.74) is -1.29. The van der Waals surface area contributed by atoms with Crippen molar-refractivity contribution < 1.29 is 14.9 Å². The fraction of sp³-hybridized carbons (Fsp3) is 0.857. The first-order valence-electron chi connectivity index (χ1n) is 10.5. The van der Waals surface area contributed by atoms with Crippen LogP contribution in [0.4, 0.5) is 0 Å². The highest BCUT2D eigenvalue weighted by Crippen LogP contribution is 2.52. The molecule has 0 aromatic carbocycles. The molecule has 2 unspecified atom stereocenters. The van der Waals surface area contributed by atoms with Gasteiger partial charge in [-0.15, -0.1) is 0 Å². The standard InChI is InChI=1S/C21H35N3O3/c1-20(2)15-11-16(21(3,26)17(25)12-15)19(27-20)14-5-8-24(9-6-14)13-18-22-7-10-23(18)4/h7,10,14-17,19,25-26H,5-6,8-9,11-13H2,1-4H3/t15?,16?,17-,19-,21-/m0/s1. The number of aliphatic hydroxyl groups is 2. The third-order valence-corrected chi connectivity index (χ3v) is 7.67. The number of nitrogens with zero attached hydrogens (tertiary/aromatic N) is 3. The van der Waals surface area contributed by atoms with Crippen LogP contribution in [-0.2, 0) is 18.3 Å². The summed E-state index contributed by atoms with van der Waals surface area (Å²) in [6.07, 6.45) is 6.93. The zero-order chi connectivity index (χ0) is 19.4. The molecule has 2 bridgehead atoms. The first kappa shape index (κ1) is 19.4. The van der Waals surface area contributed by atoms with Crippen molar-refractivity contribution >= 4 is 0 Å². The van der Waals surface area contributed by atoms with Crippen LogP contribution in [0.5, 0.6) is 0 Å². The number of aliphatic hydroxyl groups excluding tert-OH is 1. The van der Waals surface area contributed by atoms with Crippen LogP contribution in [0, 0.1) is 17.8 Å². The summed E-state index contributed by atoms with van der Waals surface area (Å²) in [5, 5.41) is 21.6. The summed E-state index contributed by atoms with van der Waals surface area (Å²) in [7, 11) is 2.04. The number of imidazole rings is 1. The van der Waals surface area contributed by atoms with Gasteiger partial charge in [0.15, 0.2) is 0 Å². The Morgan fingerprint density at radius 2 is 1.93 bits per heavy atom. The highest BCUT2D eigenvalue weighted by atomic mass is 16.5. The molecule has 1 saturated carbocycles. The van der Waals surface area contributed by atoms with Gasteiger partial charge in [0.25, 0.3) is 0 Å². The highest BCUT2D eigenvalue weighted by Gasteiger charge is 2.57. The van der Waals surface area contributed by atoms with Crippen LogP contribution in [0.2, 0.25) is 0 Å². The van der Waals surface area contributed by atoms with Crippen molar-refractivity contribution in [2.75, 3.05) is 13.1 Å². The van der Waals surface area contributed by atoms with E-state index in [4.69, 9.17) is 4.74 Å². The molecule has 27 heavy (non-hydrogen) atoms. The second-order valence-electron chi connectivity index (χ2n) is 9.77. The average Bonchev–Trinajstić information content (AvgIpc) is 3.00. The van der Waals surface area contributed by atoms with Gasteiger partial charge in [-0.3, -0.25) is 4.90 Å². The molecule has 3 aliphatic rings. The van der Waals surface area contributed by atoms with Gasteiger partial charge in [0.2, 0.25) is 0 Å². The van der Waals surface area contributed by atoms with Gasteiger partial charge in [0.1, 0.15) is 5.82 Å². The number of fused-ring (bicyclic) bond motifs is 2. The fourth-order valence-corrected chi connectivity index (χ4v) is 5.57. The summed E-state index contributed by atoms with van der Waals surface area (Å²) in [5.74, 6) is 1.87. The predicted octanol–water partition coefficient (Wildman–Crippen LogP) is 1.95. The summed E-state index contributed by atoms with van der Waals surface area (Å²) in [4.78, 5) is 6.90. The van der Waals surface area contributed by atoms with E-state index in [1.165, 1.54) is 0 Å². The van der Waals surface area contributed by atoms with Crippen molar-refractivity contribution in [3.63, 3.8) is 0 Å². The lowest BCUT2D eigenvalue weighted by molar-refractivity contribution is -0.271. The number of rotatable bonds is 3. The van der Waals surface area contributed by atoms with Gasteiger partial charge in [0, 0.05) is 25.4 Å². The van der Waals surface area contributed by atoms with Gasteiger partial charge >= 0.3 is 0 Å². The molecule has 3 heterocycles. The lowest BCUT2D eigenvalue weighted by Gasteiger charge is -2.58. The Kier molecular flexibility index (Phi) is 4.90. The summed E-state index contributed by atoms with van der Waals surface area (Å²) in [6.45, 7) is 9.06. The van der Waals surface area contributed by atoms with Crippen LogP contribution >= 0.6 is 0 Å². The maximum atomic E-state index is 11.0. The van der Waals surface area contributed by atoms with E-state index in [1.807, 2.05) is 26.4 Å². The number of likely N-dealkylation sites (tertiary alicyclic amines) is 1. The normalized spacial score (nSPS) is 40.2. The largest absolute Gasteiger partial charge is 0.390 e. The molecule has 1 aliphatic carbocycles.